The summed E-state index contributed by atoms with van der Waals surface area (Å²) >= 11 is 0. The average molecular weight is 330 g/mol. The Kier molecular flexibility index (Phi) is 4.14. The molecule has 7 nitrogen and oxygen atoms in total. The lowest BCUT2D eigenvalue weighted by Crippen LogP contribution is -2.36. The minimum absolute atomic E-state index is 0.283. The summed E-state index contributed by atoms with van der Waals surface area (Å²) in [5, 5.41) is 19.2. The fraction of sp³-hybridized carbons (Fsp3) is 0.706. The zero-order chi connectivity index (χ0) is 16.7. The molecule has 0 amide bonds. The molecule has 2 aromatic heterocycles. The maximum Gasteiger partial charge on any atom is 0.147 e. The Morgan fingerprint density at radius 1 is 1.21 bits per heavy atom. The summed E-state index contributed by atoms with van der Waals surface area (Å²) in [6, 6.07) is 0.623. The van der Waals surface area contributed by atoms with Crippen LogP contribution in [0.15, 0.2) is 12.4 Å². The molecule has 1 N–H and O–H groups in total. The first-order valence-electron chi connectivity index (χ1n) is 8.91. The third-order valence-corrected chi connectivity index (χ3v) is 5.42. The number of rotatable bonds is 5. The predicted octanol–water partition coefficient (Wildman–Crippen LogP) is 1.60. The molecule has 0 aromatic carbocycles. The molecular formula is C17H26N6O. The van der Waals surface area contributed by atoms with Gasteiger partial charge in [-0.2, -0.15) is 0 Å². The second-order valence-electron chi connectivity index (χ2n) is 7.22. The molecule has 1 saturated carbocycles. The monoisotopic (exact) mass is 330 g/mol. The number of hydrogen-bond donors (Lipinski definition) is 1. The van der Waals surface area contributed by atoms with E-state index in [1.165, 1.54) is 12.8 Å². The van der Waals surface area contributed by atoms with Crippen molar-refractivity contribution in [2.75, 3.05) is 13.1 Å². The van der Waals surface area contributed by atoms with Gasteiger partial charge in [0.25, 0.3) is 0 Å². The Hall–Kier alpha value is -1.73. The first kappa shape index (κ1) is 15.8. The van der Waals surface area contributed by atoms with E-state index in [4.69, 9.17) is 0 Å². The molecule has 130 valence electrons. The molecule has 1 aliphatic carbocycles. The Bertz CT molecular complexity index is 696. The van der Waals surface area contributed by atoms with E-state index in [2.05, 4.69) is 24.6 Å². The van der Waals surface area contributed by atoms with Gasteiger partial charge >= 0.3 is 0 Å². The molecule has 2 aliphatic rings. The van der Waals surface area contributed by atoms with E-state index in [1.54, 1.807) is 6.20 Å². The van der Waals surface area contributed by atoms with E-state index in [0.717, 1.165) is 49.9 Å². The van der Waals surface area contributed by atoms with Crippen molar-refractivity contribution in [2.24, 2.45) is 13.0 Å². The molecule has 1 atom stereocenters. The van der Waals surface area contributed by atoms with Crippen molar-refractivity contribution < 1.29 is 5.11 Å². The fourth-order valence-electron chi connectivity index (χ4n) is 3.83. The van der Waals surface area contributed by atoms with Crippen LogP contribution in [-0.2, 0) is 13.6 Å². The Morgan fingerprint density at radius 3 is 2.58 bits per heavy atom. The van der Waals surface area contributed by atoms with Crippen LogP contribution >= 0.6 is 0 Å². The Morgan fingerprint density at radius 2 is 1.96 bits per heavy atom. The molecule has 0 radical (unpaired) electrons. The van der Waals surface area contributed by atoms with Crippen molar-refractivity contribution in [3.8, 4) is 0 Å². The van der Waals surface area contributed by atoms with Crippen LogP contribution in [0.2, 0.25) is 0 Å². The Balaban J connectivity index is 1.36. The highest BCUT2D eigenvalue weighted by atomic mass is 16.3. The summed E-state index contributed by atoms with van der Waals surface area (Å²) in [6.45, 7) is 4.89. The third-order valence-electron chi connectivity index (χ3n) is 5.42. The van der Waals surface area contributed by atoms with Gasteiger partial charge in [0.15, 0.2) is 0 Å². The molecular weight excluding hydrogens is 304 g/mol. The van der Waals surface area contributed by atoms with E-state index in [-0.39, 0.29) is 5.92 Å². The molecule has 7 heteroatoms. The molecule has 1 unspecified atom stereocenters. The number of aliphatic hydroxyl groups is 1. The minimum atomic E-state index is -0.468. The van der Waals surface area contributed by atoms with Gasteiger partial charge in [0, 0.05) is 25.5 Å². The van der Waals surface area contributed by atoms with Gasteiger partial charge in [-0.15, -0.1) is 10.2 Å². The van der Waals surface area contributed by atoms with Crippen LogP contribution < -0.4 is 0 Å². The summed E-state index contributed by atoms with van der Waals surface area (Å²) < 4.78 is 4.23. The number of nitrogens with zero attached hydrogens (tertiary/aromatic N) is 6. The molecule has 24 heavy (non-hydrogen) atoms. The highest BCUT2D eigenvalue weighted by Crippen LogP contribution is 2.37. The van der Waals surface area contributed by atoms with Gasteiger partial charge in [0.05, 0.1) is 6.54 Å². The summed E-state index contributed by atoms with van der Waals surface area (Å²) in [5.74, 6) is 3.19. The SMILES string of the molecule is Cc1nnc(CN2CCC(C(O)c3nccn3C)CC2)n1C1CC1. The van der Waals surface area contributed by atoms with E-state index < -0.39 is 6.10 Å². The zero-order valence-electron chi connectivity index (χ0n) is 14.5. The first-order chi connectivity index (χ1) is 11.6. The number of hydrogen-bond acceptors (Lipinski definition) is 5. The minimum Gasteiger partial charge on any atom is -0.385 e. The van der Waals surface area contributed by atoms with Crippen LogP contribution in [0, 0.1) is 12.8 Å². The van der Waals surface area contributed by atoms with Gasteiger partial charge in [0.2, 0.25) is 0 Å². The number of imidazole rings is 1. The average Bonchev–Trinajstić information content (AvgIpc) is 3.22. The van der Waals surface area contributed by atoms with Crippen molar-refractivity contribution in [1.82, 2.24) is 29.2 Å². The fourth-order valence-corrected chi connectivity index (χ4v) is 3.83. The quantitative estimate of drug-likeness (QED) is 0.901. The van der Waals surface area contributed by atoms with Gasteiger partial charge in [-0.1, -0.05) is 0 Å². The summed E-state index contributed by atoms with van der Waals surface area (Å²) in [7, 11) is 1.94. The van der Waals surface area contributed by atoms with Crippen LogP contribution in [-0.4, -0.2) is 47.4 Å². The number of aromatic nitrogens is 5. The normalized spacial score (nSPS) is 21.3. The van der Waals surface area contributed by atoms with E-state index in [1.807, 2.05) is 24.7 Å². The van der Waals surface area contributed by atoms with Crippen LogP contribution in [0.3, 0.4) is 0 Å². The topological polar surface area (TPSA) is 72.0 Å². The molecule has 0 bridgehead atoms. The van der Waals surface area contributed by atoms with Crippen LogP contribution in [0.4, 0.5) is 0 Å². The van der Waals surface area contributed by atoms with Gasteiger partial charge in [-0.05, 0) is 51.6 Å². The third kappa shape index (κ3) is 2.98. The van der Waals surface area contributed by atoms with Gasteiger partial charge < -0.3 is 14.2 Å². The van der Waals surface area contributed by atoms with Crippen molar-refractivity contribution in [3.63, 3.8) is 0 Å². The lowest BCUT2D eigenvalue weighted by molar-refractivity contribution is 0.0482. The number of aryl methyl sites for hydroxylation is 2. The highest BCUT2D eigenvalue weighted by Gasteiger charge is 2.31. The molecule has 3 heterocycles. The molecule has 2 fully saturated rings. The van der Waals surface area contributed by atoms with Gasteiger partial charge in [-0.25, -0.2) is 4.98 Å². The van der Waals surface area contributed by atoms with E-state index >= 15 is 0 Å². The van der Waals surface area contributed by atoms with Crippen LogP contribution in [0.5, 0.6) is 0 Å². The van der Waals surface area contributed by atoms with Crippen LogP contribution in [0.25, 0.3) is 0 Å². The van der Waals surface area contributed by atoms with E-state index in [0.29, 0.717) is 6.04 Å². The van der Waals surface area contributed by atoms with Crippen LogP contribution in [0.1, 0.15) is 55.3 Å². The zero-order valence-corrected chi connectivity index (χ0v) is 14.5. The first-order valence-corrected chi connectivity index (χ1v) is 8.91. The molecule has 2 aromatic rings. The number of piperidine rings is 1. The second-order valence-corrected chi connectivity index (χ2v) is 7.22. The molecule has 1 aliphatic heterocycles. The number of aliphatic hydroxyl groups excluding tert-OH is 1. The standard InChI is InChI=1S/C17H26N6O/c1-12-19-20-15(23(12)14-3-4-14)11-22-8-5-13(6-9-22)16(24)17-18-7-10-21(17)2/h7,10,13-14,16,24H,3-6,8-9,11H2,1-2H3. The van der Waals surface area contributed by atoms with Crippen molar-refractivity contribution >= 4 is 0 Å². The molecule has 0 spiro atoms. The van der Waals surface area contributed by atoms with E-state index in [9.17, 15) is 5.11 Å². The molecule has 4 rings (SSSR count). The second kappa shape index (κ2) is 6.29. The largest absolute Gasteiger partial charge is 0.385 e. The van der Waals surface area contributed by atoms with Gasteiger partial charge in [-0.3, -0.25) is 4.90 Å². The summed E-state index contributed by atoms with van der Waals surface area (Å²) in [6.07, 6.45) is 7.66. The number of likely N-dealkylation sites (tertiary alicyclic amines) is 1. The smallest absolute Gasteiger partial charge is 0.147 e. The lowest BCUT2D eigenvalue weighted by atomic mass is 9.90. The lowest BCUT2D eigenvalue weighted by Gasteiger charge is -2.33. The maximum absolute atomic E-state index is 10.6. The summed E-state index contributed by atoms with van der Waals surface area (Å²) in [5.41, 5.74) is 0. The molecule has 1 saturated heterocycles. The van der Waals surface area contributed by atoms with Crippen molar-refractivity contribution in [3.05, 3.63) is 29.9 Å². The maximum atomic E-state index is 10.6. The predicted molar refractivity (Wildman–Crippen MR) is 89.2 cm³/mol. The highest BCUT2D eigenvalue weighted by molar-refractivity contribution is 5.02. The summed E-state index contributed by atoms with van der Waals surface area (Å²) in [4.78, 5) is 6.73. The van der Waals surface area contributed by atoms with Crippen molar-refractivity contribution in [1.29, 1.82) is 0 Å². The Labute approximate surface area is 142 Å². The van der Waals surface area contributed by atoms with Crippen molar-refractivity contribution in [2.45, 2.75) is 51.3 Å². The van der Waals surface area contributed by atoms with Gasteiger partial charge in [0.1, 0.15) is 23.6 Å².